The minimum absolute atomic E-state index is 0.0764. The summed E-state index contributed by atoms with van der Waals surface area (Å²) in [5, 5.41) is 3.22. The zero-order chi connectivity index (χ0) is 8.77. The third kappa shape index (κ3) is 0.747. The number of alkyl halides is 2. The van der Waals surface area contributed by atoms with E-state index < -0.39 is 11.8 Å². The molecule has 0 atom stereocenters. The highest BCUT2D eigenvalue weighted by molar-refractivity contribution is 5.95. The monoisotopic (exact) mass is 168 g/mol. The van der Waals surface area contributed by atoms with Gasteiger partial charge in [0.2, 0.25) is 0 Å². The van der Waals surface area contributed by atoms with Crippen molar-refractivity contribution in [3.8, 4) is 0 Å². The second-order valence-corrected chi connectivity index (χ2v) is 2.51. The number of hydrogen-bond donors (Lipinski definition) is 0. The van der Waals surface area contributed by atoms with E-state index in [0.717, 1.165) is 0 Å². The van der Waals surface area contributed by atoms with Gasteiger partial charge in [-0.1, -0.05) is 18.2 Å². The van der Waals surface area contributed by atoms with Gasteiger partial charge >= 0.3 is 11.8 Å². The van der Waals surface area contributed by atoms with Crippen molar-refractivity contribution in [1.29, 1.82) is 0 Å². The highest BCUT2D eigenvalue weighted by Crippen LogP contribution is 2.39. The van der Waals surface area contributed by atoms with Gasteiger partial charge in [-0.2, -0.15) is 8.78 Å². The fourth-order valence-electron chi connectivity index (χ4n) is 1.13. The van der Waals surface area contributed by atoms with Gasteiger partial charge in [0.25, 0.3) is 0 Å². The molecule has 2 rings (SSSR count). The van der Waals surface area contributed by atoms with E-state index in [9.17, 15) is 13.6 Å². The van der Waals surface area contributed by atoms with Crippen LogP contribution in [0.5, 0.6) is 0 Å². The van der Waals surface area contributed by atoms with Crippen LogP contribution in [-0.4, -0.2) is 5.91 Å². The molecule has 1 aromatic rings. The largest absolute Gasteiger partial charge is 0.354 e. The number of carbonyl (C=O) groups excluding carboxylic acids is 1. The van der Waals surface area contributed by atoms with Crippen LogP contribution in [0.1, 0.15) is 5.56 Å². The van der Waals surface area contributed by atoms with Crippen LogP contribution in [0.2, 0.25) is 0 Å². The van der Waals surface area contributed by atoms with Crippen molar-refractivity contribution in [1.82, 2.24) is 5.32 Å². The van der Waals surface area contributed by atoms with Gasteiger partial charge < -0.3 is 0 Å². The predicted molar refractivity (Wildman–Crippen MR) is 37.1 cm³/mol. The fraction of sp³-hybridized carbons (Fsp3) is 0.125. The Hall–Kier alpha value is -1.45. The van der Waals surface area contributed by atoms with Crippen molar-refractivity contribution in [3.63, 3.8) is 0 Å². The lowest BCUT2D eigenvalue weighted by Crippen LogP contribution is -2.23. The summed E-state index contributed by atoms with van der Waals surface area (Å²) < 4.78 is 25.8. The maximum absolute atomic E-state index is 12.9. The van der Waals surface area contributed by atoms with Gasteiger partial charge in [0.15, 0.2) is 0 Å². The lowest BCUT2D eigenvalue weighted by atomic mass is 10.1. The Morgan fingerprint density at radius 3 is 2.58 bits per heavy atom. The molecule has 0 saturated heterocycles. The summed E-state index contributed by atoms with van der Waals surface area (Å²) in [6, 6.07) is 5.63. The number of halogens is 2. The number of hydrogen-bond acceptors (Lipinski definition) is 1. The van der Waals surface area contributed by atoms with Crippen molar-refractivity contribution >= 4 is 11.6 Å². The number of para-hydroxylation sites is 1. The predicted octanol–water partition coefficient (Wildman–Crippen LogP) is 1.55. The van der Waals surface area contributed by atoms with E-state index in [-0.39, 0.29) is 11.3 Å². The average Bonchev–Trinajstić information content (AvgIpc) is 2.25. The van der Waals surface area contributed by atoms with Crippen LogP contribution in [0.25, 0.3) is 0 Å². The Bertz CT molecular complexity index is 349. The molecule has 0 saturated carbocycles. The summed E-state index contributed by atoms with van der Waals surface area (Å²) in [6.07, 6.45) is 0. The first-order chi connectivity index (χ1) is 5.62. The number of benzene rings is 1. The van der Waals surface area contributed by atoms with E-state index in [1.54, 1.807) is 6.07 Å². The molecule has 0 N–H and O–H groups in total. The highest BCUT2D eigenvalue weighted by Gasteiger charge is 2.49. The van der Waals surface area contributed by atoms with Gasteiger partial charge in [-0.3, -0.25) is 4.79 Å². The van der Waals surface area contributed by atoms with E-state index in [0.29, 0.717) is 0 Å². The first-order valence-electron chi connectivity index (χ1n) is 3.36. The fourth-order valence-corrected chi connectivity index (χ4v) is 1.13. The first-order valence-corrected chi connectivity index (χ1v) is 3.36. The normalized spacial score (nSPS) is 18.7. The van der Waals surface area contributed by atoms with Crippen molar-refractivity contribution in [2.45, 2.75) is 5.92 Å². The molecule has 0 bridgehead atoms. The van der Waals surface area contributed by atoms with Crippen LogP contribution < -0.4 is 5.32 Å². The zero-order valence-electron chi connectivity index (χ0n) is 5.92. The maximum atomic E-state index is 12.9. The Balaban J connectivity index is 2.63. The maximum Gasteiger partial charge on any atom is 0.354 e. The molecule has 0 fully saturated rings. The molecule has 61 valence electrons. The average molecular weight is 168 g/mol. The van der Waals surface area contributed by atoms with Crippen LogP contribution in [0.3, 0.4) is 0 Å². The molecule has 0 aromatic heterocycles. The summed E-state index contributed by atoms with van der Waals surface area (Å²) in [4.78, 5) is 10.6. The molecule has 1 amide bonds. The minimum atomic E-state index is -3.42. The molecule has 0 spiro atoms. The van der Waals surface area contributed by atoms with E-state index in [4.69, 9.17) is 0 Å². The molecular formula is C8H4F2NO. The number of amides is 1. The standard InChI is InChI=1S/C8H4F2NO/c9-8(10)5-3-1-2-4-6(5)11-7(8)12/h1-4H. The first kappa shape index (κ1) is 7.21. The van der Waals surface area contributed by atoms with Gasteiger partial charge in [-0.25, -0.2) is 5.32 Å². The van der Waals surface area contributed by atoms with Crippen molar-refractivity contribution in [3.05, 3.63) is 29.8 Å². The molecular weight excluding hydrogens is 164 g/mol. The molecule has 0 aliphatic carbocycles. The van der Waals surface area contributed by atoms with Gasteiger partial charge in [0.1, 0.15) is 0 Å². The Morgan fingerprint density at radius 1 is 1.25 bits per heavy atom. The van der Waals surface area contributed by atoms with Crippen LogP contribution in [0.15, 0.2) is 24.3 Å². The van der Waals surface area contributed by atoms with E-state index in [1.165, 1.54) is 18.2 Å². The smallest absolute Gasteiger partial charge is 0.265 e. The van der Waals surface area contributed by atoms with Gasteiger partial charge in [-0.15, -0.1) is 0 Å². The highest BCUT2D eigenvalue weighted by atomic mass is 19.3. The molecule has 1 aliphatic rings. The minimum Gasteiger partial charge on any atom is -0.265 e. The summed E-state index contributed by atoms with van der Waals surface area (Å²) in [5.41, 5.74) is -0.220. The van der Waals surface area contributed by atoms with Crippen molar-refractivity contribution < 1.29 is 13.6 Å². The van der Waals surface area contributed by atoms with Gasteiger partial charge in [-0.05, 0) is 6.07 Å². The summed E-state index contributed by atoms with van der Waals surface area (Å²) >= 11 is 0. The van der Waals surface area contributed by atoms with E-state index >= 15 is 0 Å². The Morgan fingerprint density at radius 2 is 1.92 bits per heavy atom. The number of rotatable bonds is 0. The summed E-state index contributed by atoms with van der Waals surface area (Å²) in [6.45, 7) is 0. The third-order valence-corrected chi connectivity index (χ3v) is 1.73. The SMILES string of the molecule is O=C1[N]c2ccccc2C1(F)F. The molecule has 0 unspecified atom stereocenters. The summed E-state index contributed by atoms with van der Waals surface area (Å²) in [5.74, 6) is -4.79. The number of carbonyl (C=O) groups is 1. The molecule has 12 heavy (non-hydrogen) atoms. The van der Waals surface area contributed by atoms with E-state index in [2.05, 4.69) is 5.32 Å². The lowest BCUT2D eigenvalue weighted by molar-refractivity contribution is -0.143. The second kappa shape index (κ2) is 2.03. The molecule has 2 nitrogen and oxygen atoms in total. The molecule has 4 heteroatoms. The molecule has 1 radical (unpaired) electrons. The van der Waals surface area contributed by atoms with Crippen LogP contribution in [0, 0.1) is 0 Å². The topological polar surface area (TPSA) is 31.2 Å². The van der Waals surface area contributed by atoms with Gasteiger partial charge in [0, 0.05) is 0 Å². The number of nitrogens with zero attached hydrogens (tertiary/aromatic N) is 1. The molecule has 1 aromatic carbocycles. The molecule has 1 aliphatic heterocycles. The number of fused-ring (bicyclic) bond motifs is 1. The van der Waals surface area contributed by atoms with E-state index in [1.807, 2.05) is 0 Å². The third-order valence-electron chi connectivity index (χ3n) is 1.73. The molecule has 1 heterocycles. The second-order valence-electron chi connectivity index (χ2n) is 2.51. The van der Waals surface area contributed by atoms with Crippen LogP contribution in [-0.2, 0) is 10.7 Å². The summed E-state index contributed by atoms with van der Waals surface area (Å²) in [7, 11) is 0. The quantitative estimate of drug-likeness (QED) is 0.578. The zero-order valence-corrected chi connectivity index (χ0v) is 5.92. The van der Waals surface area contributed by atoms with Crippen LogP contribution in [0.4, 0.5) is 14.5 Å². The lowest BCUT2D eigenvalue weighted by Gasteiger charge is -2.03. The van der Waals surface area contributed by atoms with Crippen molar-refractivity contribution in [2.75, 3.05) is 0 Å². The Kier molecular flexibility index (Phi) is 1.22. The van der Waals surface area contributed by atoms with Gasteiger partial charge in [0.05, 0.1) is 11.3 Å². The van der Waals surface area contributed by atoms with Crippen molar-refractivity contribution in [2.24, 2.45) is 0 Å². The van der Waals surface area contributed by atoms with Crippen LogP contribution >= 0.6 is 0 Å². The Labute approximate surface area is 67.2 Å².